The topological polar surface area (TPSA) is 59.0 Å². The number of hydrogen-bond donors (Lipinski definition) is 0. The Morgan fingerprint density at radius 3 is 2.67 bits per heavy atom. The van der Waals surface area contributed by atoms with E-state index >= 15 is 0 Å². The summed E-state index contributed by atoms with van der Waals surface area (Å²) in [5.74, 6) is 0.638. The van der Waals surface area contributed by atoms with Gasteiger partial charge in [0.15, 0.2) is 10.8 Å². The van der Waals surface area contributed by atoms with Gasteiger partial charge in [0.25, 0.3) is 0 Å². The molecule has 0 aliphatic heterocycles. The van der Waals surface area contributed by atoms with E-state index in [2.05, 4.69) is 27.9 Å². The number of aryl methyl sites for hydroxylation is 1. The van der Waals surface area contributed by atoms with Crippen LogP contribution in [0.5, 0.6) is 0 Å². The summed E-state index contributed by atoms with van der Waals surface area (Å²) >= 11 is 1.46. The molecule has 24 heavy (non-hydrogen) atoms. The summed E-state index contributed by atoms with van der Waals surface area (Å²) in [6.45, 7) is 2.66. The molecule has 0 saturated carbocycles. The molecule has 1 aromatic carbocycles. The van der Waals surface area contributed by atoms with Gasteiger partial charge in [-0.25, -0.2) is 15.0 Å². The van der Waals surface area contributed by atoms with Crippen LogP contribution in [0.15, 0.2) is 48.1 Å². The molecule has 0 bridgehead atoms. The fourth-order valence-corrected chi connectivity index (χ4v) is 3.09. The van der Waals surface area contributed by atoms with Gasteiger partial charge in [0.05, 0.1) is 12.1 Å². The van der Waals surface area contributed by atoms with E-state index in [1.54, 1.807) is 23.4 Å². The van der Waals surface area contributed by atoms with E-state index in [1.807, 2.05) is 30.6 Å². The molecule has 0 unspecified atom stereocenters. The number of aromatic nitrogens is 3. The van der Waals surface area contributed by atoms with Crippen molar-refractivity contribution in [3.63, 3.8) is 0 Å². The third kappa shape index (κ3) is 3.83. The van der Waals surface area contributed by atoms with Gasteiger partial charge >= 0.3 is 0 Å². The molecule has 122 valence electrons. The van der Waals surface area contributed by atoms with Crippen LogP contribution < -0.4 is 0 Å². The lowest BCUT2D eigenvalue weighted by molar-refractivity contribution is -0.129. The number of thiazole rings is 1. The second-order valence-corrected chi connectivity index (χ2v) is 6.43. The fraction of sp³-hybridized carbons (Fsp3) is 0.222. The fourth-order valence-electron chi connectivity index (χ4n) is 2.32. The Morgan fingerprint density at radius 2 is 1.92 bits per heavy atom. The third-order valence-corrected chi connectivity index (χ3v) is 4.62. The van der Waals surface area contributed by atoms with Gasteiger partial charge < -0.3 is 4.90 Å². The predicted octanol–water partition coefficient (Wildman–Crippen LogP) is 3.11. The Bertz CT molecular complexity index is 832. The highest BCUT2D eigenvalue weighted by molar-refractivity contribution is 7.13. The Balaban J connectivity index is 1.65. The van der Waals surface area contributed by atoms with Crippen LogP contribution in [0.4, 0.5) is 0 Å². The van der Waals surface area contributed by atoms with E-state index < -0.39 is 0 Å². The molecule has 0 atom stereocenters. The number of carbonyl (C=O) groups is 1. The summed E-state index contributed by atoms with van der Waals surface area (Å²) in [5.41, 5.74) is 3.10. The van der Waals surface area contributed by atoms with Crippen LogP contribution >= 0.6 is 11.3 Å². The average Bonchev–Trinajstić information content (AvgIpc) is 3.06. The number of benzene rings is 1. The van der Waals surface area contributed by atoms with Gasteiger partial charge in [0, 0.05) is 31.4 Å². The number of likely N-dealkylation sites (N-methyl/N-ethyl adjacent to an activating group) is 1. The molecule has 0 fully saturated rings. The van der Waals surface area contributed by atoms with Crippen LogP contribution in [0.25, 0.3) is 10.8 Å². The second-order valence-electron chi connectivity index (χ2n) is 5.57. The monoisotopic (exact) mass is 338 g/mol. The highest BCUT2D eigenvalue weighted by Gasteiger charge is 2.14. The lowest BCUT2D eigenvalue weighted by Crippen LogP contribution is -2.28. The zero-order chi connectivity index (χ0) is 16.9. The summed E-state index contributed by atoms with van der Waals surface area (Å²) in [6, 6.07) is 9.87. The van der Waals surface area contributed by atoms with Gasteiger partial charge in [-0.15, -0.1) is 11.3 Å². The zero-order valence-corrected chi connectivity index (χ0v) is 14.5. The molecular formula is C18H18N4OS. The molecule has 0 radical (unpaired) electrons. The van der Waals surface area contributed by atoms with Gasteiger partial charge in [-0.2, -0.15) is 0 Å². The van der Waals surface area contributed by atoms with E-state index in [0.29, 0.717) is 12.4 Å². The lowest BCUT2D eigenvalue weighted by Gasteiger charge is -2.18. The summed E-state index contributed by atoms with van der Waals surface area (Å²) in [4.78, 5) is 27.0. The molecule has 2 aromatic heterocycles. The smallest absolute Gasteiger partial charge is 0.228 e. The molecule has 1 amide bonds. The van der Waals surface area contributed by atoms with Gasteiger partial charge in [-0.1, -0.05) is 24.3 Å². The molecule has 0 spiro atoms. The first-order valence-electron chi connectivity index (χ1n) is 7.64. The SMILES string of the molecule is Cc1ccccc1CN(C)C(=O)Cc1csc(-c2ncccn2)n1. The number of rotatable bonds is 5. The predicted molar refractivity (Wildman–Crippen MR) is 94.5 cm³/mol. The molecule has 5 nitrogen and oxygen atoms in total. The van der Waals surface area contributed by atoms with Crippen LogP contribution in [0.3, 0.4) is 0 Å². The maximum Gasteiger partial charge on any atom is 0.228 e. The number of hydrogen-bond acceptors (Lipinski definition) is 5. The Labute approximate surface area is 145 Å². The Kier molecular flexibility index (Phi) is 4.96. The minimum atomic E-state index is 0.0454. The van der Waals surface area contributed by atoms with Crippen LogP contribution in [0.2, 0.25) is 0 Å². The summed E-state index contributed by atoms with van der Waals surface area (Å²) in [7, 11) is 1.82. The minimum Gasteiger partial charge on any atom is -0.341 e. The lowest BCUT2D eigenvalue weighted by atomic mass is 10.1. The van der Waals surface area contributed by atoms with Crippen molar-refractivity contribution < 1.29 is 4.79 Å². The molecule has 6 heteroatoms. The van der Waals surface area contributed by atoms with Crippen LogP contribution in [0, 0.1) is 6.92 Å². The van der Waals surface area contributed by atoms with Crippen molar-refractivity contribution in [3.8, 4) is 10.8 Å². The molecular weight excluding hydrogens is 320 g/mol. The zero-order valence-electron chi connectivity index (χ0n) is 13.6. The molecule has 3 rings (SSSR count). The van der Waals surface area contributed by atoms with Gasteiger partial charge in [-0.3, -0.25) is 4.79 Å². The minimum absolute atomic E-state index is 0.0454. The first-order valence-corrected chi connectivity index (χ1v) is 8.51. The van der Waals surface area contributed by atoms with Crippen molar-refractivity contribution in [3.05, 3.63) is 64.9 Å². The molecule has 0 aliphatic rings. The number of carbonyl (C=O) groups excluding carboxylic acids is 1. The van der Waals surface area contributed by atoms with Crippen LogP contribution in [-0.4, -0.2) is 32.8 Å². The number of nitrogens with zero attached hydrogens (tertiary/aromatic N) is 4. The summed E-state index contributed by atoms with van der Waals surface area (Å²) < 4.78 is 0. The van der Waals surface area contributed by atoms with Gasteiger partial charge in [0.2, 0.25) is 5.91 Å². The van der Waals surface area contributed by atoms with E-state index in [-0.39, 0.29) is 12.3 Å². The second kappa shape index (κ2) is 7.31. The standard InChI is InChI=1S/C18H18N4OS/c1-13-6-3-4-7-14(13)11-22(2)16(23)10-15-12-24-18(21-15)17-19-8-5-9-20-17/h3-9,12H,10-11H2,1-2H3. The van der Waals surface area contributed by atoms with Crippen molar-refractivity contribution in [2.45, 2.75) is 19.9 Å². The quantitative estimate of drug-likeness (QED) is 0.717. The van der Waals surface area contributed by atoms with Crippen LogP contribution in [-0.2, 0) is 17.8 Å². The van der Waals surface area contributed by atoms with E-state index in [9.17, 15) is 4.79 Å². The summed E-state index contributed by atoms with van der Waals surface area (Å²) in [6.07, 6.45) is 3.65. The van der Waals surface area contributed by atoms with Gasteiger partial charge in [0.1, 0.15) is 0 Å². The molecule has 0 N–H and O–H groups in total. The van der Waals surface area contributed by atoms with Crippen molar-refractivity contribution in [1.29, 1.82) is 0 Å². The van der Waals surface area contributed by atoms with Gasteiger partial charge in [-0.05, 0) is 24.1 Å². The normalized spacial score (nSPS) is 10.6. The van der Waals surface area contributed by atoms with Crippen molar-refractivity contribution in [1.82, 2.24) is 19.9 Å². The Hall–Kier alpha value is -2.60. The molecule has 2 heterocycles. The van der Waals surface area contributed by atoms with E-state index in [4.69, 9.17) is 0 Å². The molecule has 0 aliphatic carbocycles. The van der Waals surface area contributed by atoms with Crippen molar-refractivity contribution in [2.75, 3.05) is 7.05 Å². The largest absolute Gasteiger partial charge is 0.341 e. The Morgan fingerprint density at radius 1 is 1.17 bits per heavy atom. The first kappa shape index (κ1) is 16.3. The third-order valence-electron chi connectivity index (χ3n) is 3.74. The average molecular weight is 338 g/mol. The van der Waals surface area contributed by atoms with Crippen molar-refractivity contribution in [2.24, 2.45) is 0 Å². The van der Waals surface area contributed by atoms with Crippen LogP contribution in [0.1, 0.15) is 16.8 Å². The molecule has 3 aromatic rings. The maximum atomic E-state index is 12.4. The highest BCUT2D eigenvalue weighted by Crippen LogP contribution is 2.20. The number of amides is 1. The molecule has 0 saturated heterocycles. The highest BCUT2D eigenvalue weighted by atomic mass is 32.1. The van der Waals surface area contributed by atoms with E-state index in [0.717, 1.165) is 16.3 Å². The maximum absolute atomic E-state index is 12.4. The van der Waals surface area contributed by atoms with Crippen molar-refractivity contribution >= 4 is 17.2 Å². The van der Waals surface area contributed by atoms with E-state index in [1.165, 1.54) is 16.9 Å². The first-order chi connectivity index (χ1) is 11.6. The summed E-state index contributed by atoms with van der Waals surface area (Å²) in [5, 5.41) is 2.63.